The van der Waals surface area contributed by atoms with Gasteiger partial charge in [0.05, 0.1) is 34.7 Å². The second kappa shape index (κ2) is 7.08. The molecule has 4 rings (SSSR count). The first-order chi connectivity index (χ1) is 13.0. The van der Waals surface area contributed by atoms with Gasteiger partial charge < -0.3 is 10.2 Å². The van der Waals surface area contributed by atoms with Gasteiger partial charge in [0.1, 0.15) is 5.82 Å². The Morgan fingerprint density at radius 2 is 1.78 bits per heavy atom. The maximum absolute atomic E-state index is 12.8. The highest BCUT2D eigenvalue weighted by Crippen LogP contribution is 2.25. The van der Waals surface area contributed by atoms with Crippen molar-refractivity contribution in [1.82, 2.24) is 24.6 Å². The number of carbonyl (C=O) groups is 1. The molecule has 7 nitrogen and oxygen atoms in total. The third kappa shape index (κ3) is 3.55. The SMILES string of the molecule is Cc1nc2ccc(C(=O)Nc3ccnn3C3CCN(C)CC3)cc2nc1C. The van der Waals surface area contributed by atoms with E-state index in [1.54, 1.807) is 18.3 Å². The molecule has 0 radical (unpaired) electrons. The van der Waals surface area contributed by atoms with Crippen molar-refractivity contribution in [3.05, 3.63) is 47.4 Å². The van der Waals surface area contributed by atoms with E-state index in [0.29, 0.717) is 11.6 Å². The van der Waals surface area contributed by atoms with Crippen LogP contribution in [0.4, 0.5) is 5.82 Å². The molecular weight excluding hydrogens is 340 g/mol. The van der Waals surface area contributed by atoms with Crippen molar-refractivity contribution in [3.8, 4) is 0 Å². The van der Waals surface area contributed by atoms with Gasteiger partial charge in [-0.05, 0) is 65.0 Å². The molecule has 0 atom stereocenters. The van der Waals surface area contributed by atoms with Gasteiger partial charge in [-0.15, -0.1) is 0 Å². The monoisotopic (exact) mass is 364 g/mol. The lowest BCUT2D eigenvalue weighted by Gasteiger charge is -2.30. The molecule has 1 saturated heterocycles. The first-order valence-corrected chi connectivity index (χ1v) is 9.29. The van der Waals surface area contributed by atoms with Crippen molar-refractivity contribution in [3.63, 3.8) is 0 Å². The number of carbonyl (C=O) groups excluding carboxylic acids is 1. The number of anilines is 1. The van der Waals surface area contributed by atoms with Crippen LogP contribution in [0.1, 0.15) is 40.6 Å². The average molecular weight is 364 g/mol. The van der Waals surface area contributed by atoms with Gasteiger partial charge in [-0.1, -0.05) is 0 Å². The van der Waals surface area contributed by atoms with Crippen molar-refractivity contribution >= 4 is 22.8 Å². The molecule has 1 fully saturated rings. The van der Waals surface area contributed by atoms with Gasteiger partial charge in [0.15, 0.2) is 0 Å². The minimum absolute atomic E-state index is 0.161. The Bertz CT molecular complexity index is 987. The summed E-state index contributed by atoms with van der Waals surface area (Å²) in [5.41, 5.74) is 3.87. The fourth-order valence-corrected chi connectivity index (χ4v) is 3.50. The number of nitrogens with one attached hydrogen (secondary N) is 1. The average Bonchev–Trinajstić information content (AvgIpc) is 3.11. The summed E-state index contributed by atoms with van der Waals surface area (Å²) in [5.74, 6) is 0.576. The number of piperidine rings is 1. The van der Waals surface area contributed by atoms with Crippen LogP contribution < -0.4 is 5.32 Å². The second-order valence-corrected chi connectivity index (χ2v) is 7.25. The summed E-state index contributed by atoms with van der Waals surface area (Å²) in [7, 11) is 2.13. The van der Waals surface area contributed by atoms with Crippen LogP contribution in [0.25, 0.3) is 11.0 Å². The highest BCUT2D eigenvalue weighted by molar-refractivity contribution is 6.05. The molecule has 3 aromatic rings. The summed E-state index contributed by atoms with van der Waals surface area (Å²) in [6, 6.07) is 7.60. The van der Waals surface area contributed by atoms with E-state index in [1.165, 1.54) is 0 Å². The minimum Gasteiger partial charge on any atom is -0.307 e. The number of hydrogen-bond acceptors (Lipinski definition) is 5. The highest BCUT2D eigenvalue weighted by atomic mass is 16.1. The summed E-state index contributed by atoms with van der Waals surface area (Å²) >= 11 is 0. The summed E-state index contributed by atoms with van der Waals surface area (Å²) in [6.45, 7) is 5.95. The fraction of sp³-hybridized carbons (Fsp3) is 0.400. The van der Waals surface area contributed by atoms with E-state index >= 15 is 0 Å². The Hall–Kier alpha value is -2.80. The molecule has 2 aromatic heterocycles. The smallest absolute Gasteiger partial charge is 0.256 e. The van der Waals surface area contributed by atoms with Crippen molar-refractivity contribution < 1.29 is 4.79 Å². The number of likely N-dealkylation sites (tertiary alicyclic amines) is 1. The normalized spacial score (nSPS) is 16.0. The molecule has 0 aliphatic carbocycles. The Labute approximate surface area is 158 Å². The number of amides is 1. The van der Waals surface area contributed by atoms with Gasteiger partial charge in [0.2, 0.25) is 0 Å². The van der Waals surface area contributed by atoms with E-state index in [0.717, 1.165) is 54.2 Å². The topological polar surface area (TPSA) is 75.9 Å². The maximum atomic E-state index is 12.8. The van der Waals surface area contributed by atoms with Gasteiger partial charge in [-0.25, -0.2) is 14.6 Å². The lowest BCUT2D eigenvalue weighted by atomic mass is 10.1. The zero-order chi connectivity index (χ0) is 19.0. The van der Waals surface area contributed by atoms with Crippen LogP contribution in [-0.2, 0) is 0 Å². The molecule has 1 amide bonds. The molecule has 1 aliphatic rings. The van der Waals surface area contributed by atoms with Crippen molar-refractivity contribution in [2.24, 2.45) is 0 Å². The molecule has 3 heterocycles. The Morgan fingerprint density at radius 3 is 2.52 bits per heavy atom. The first kappa shape index (κ1) is 17.6. The van der Waals surface area contributed by atoms with E-state index in [-0.39, 0.29) is 5.91 Å². The third-order valence-electron chi connectivity index (χ3n) is 5.28. The standard InChI is InChI=1S/C20H24N6O/c1-13-14(2)23-18-12-15(4-5-17(18)22-13)20(27)24-19-6-9-21-26(19)16-7-10-25(3)11-8-16/h4-6,9,12,16H,7-8,10-11H2,1-3H3,(H,24,27). The van der Waals surface area contributed by atoms with E-state index < -0.39 is 0 Å². The zero-order valence-corrected chi connectivity index (χ0v) is 15.9. The largest absolute Gasteiger partial charge is 0.307 e. The predicted molar refractivity (Wildman–Crippen MR) is 105 cm³/mol. The van der Waals surface area contributed by atoms with Crippen LogP contribution in [0, 0.1) is 13.8 Å². The summed E-state index contributed by atoms with van der Waals surface area (Å²) in [6.07, 6.45) is 3.81. The Morgan fingerprint density at radius 1 is 1.07 bits per heavy atom. The predicted octanol–water partition coefficient (Wildman–Crippen LogP) is 2.96. The van der Waals surface area contributed by atoms with Crippen LogP contribution in [0.15, 0.2) is 30.5 Å². The molecule has 140 valence electrons. The number of nitrogens with zero attached hydrogens (tertiary/aromatic N) is 5. The molecule has 7 heteroatoms. The lowest BCUT2D eigenvalue weighted by Crippen LogP contribution is -2.32. The summed E-state index contributed by atoms with van der Waals surface area (Å²) < 4.78 is 1.94. The van der Waals surface area contributed by atoms with E-state index in [2.05, 4.69) is 32.3 Å². The van der Waals surface area contributed by atoms with E-state index in [9.17, 15) is 4.79 Å². The Kier molecular flexibility index (Phi) is 4.61. The molecule has 27 heavy (non-hydrogen) atoms. The van der Waals surface area contributed by atoms with Crippen LogP contribution in [-0.4, -0.2) is 50.7 Å². The molecule has 1 aromatic carbocycles. The molecule has 0 bridgehead atoms. The third-order valence-corrected chi connectivity index (χ3v) is 5.28. The quantitative estimate of drug-likeness (QED) is 0.773. The number of aromatic nitrogens is 4. The summed E-state index contributed by atoms with van der Waals surface area (Å²) in [5, 5.41) is 7.45. The minimum atomic E-state index is -0.161. The Balaban J connectivity index is 1.55. The molecule has 1 N–H and O–H groups in total. The highest BCUT2D eigenvalue weighted by Gasteiger charge is 2.21. The van der Waals surface area contributed by atoms with Crippen LogP contribution in [0.3, 0.4) is 0 Å². The number of fused-ring (bicyclic) bond motifs is 1. The lowest BCUT2D eigenvalue weighted by molar-refractivity contribution is 0.102. The molecule has 0 unspecified atom stereocenters. The van der Waals surface area contributed by atoms with Gasteiger partial charge in [0.25, 0.3) is 5.91 Å². The van der Waals surface area contributed by atoms with Crippen molar-refractivity contribution in [2.45, 2.75) is 32.7 Å². The number of benzene rings is 1. The summed E-state index contributed by atoms with van der Waals surface area (Å²) in [4.78, 5) is 24.2. The van der Waals surface area contributed by atoms with Crippen molar-refractivity contribution in [1.29, 1.82) is 0 Å². The fourth-order valence-electron chi connectivity index (χ4n) is 3.50. The number of aryl methyl sites for hydroxylation is 2. The molecular formula is C20H24N6O. The maximum Gasteiger partial charge on any atom is 0.256 e. The van der Waals surface area contributed by atoms with Crippen molar-refractivity contribution in [2.75, 3.05) is 25.5 Å². The zero-order valence-electron chi connectivity index (χ0n) is 15.9. The van der Waals surface area contributed by atoms with Crippen LogP contribution in [0.5, 0.6) is 0 Å². The van der Waals surface area contributed by atoms with Crippen LogP contribution >= 0.6 is 0 Å². The number of hydrogen-bond donors (Lipinski definition) is 1. The molecule has 1 aliphatic heterocycles. The van der Waals surface area contributed by atoms with Gasteiger partial charge >= 0.3 is 0 Å². The van der Waals surface area contributed by atoms with E-state index in [1.807, 2.05) is 30.7 Å². The van der Waals surface area contributed by atoms with Gasteiger partial charge in [-0.3, -0.25) is 4.79 Å². The van der Waals surface area contributed by atoms with Gasteiger partial charge in [-0.2, -0.15) is 5.10 Å². The molecule has 0 saturated carbocycles. The van der Waals surface area contributed by atoms with Crippen LogP contribution in [0.2, 0.25) is 0 Å². The number of rotatable bonds is 3. The van der Waals surface area contributed by atoms with E-state index in [4.69, 9.17) is 0 Å². The van der Waals surface area contributed by atoms with Gasteiger partial charge in [0, 0.05) is 11.6 Å². The second-order valence-electron chi connectivity index (χ2n) is 7.25. The molecule has 0 spiro atoms. The first-order valence-electron chi connectivity index (χ1n) is 9.29.